The molecule has 1 aromatic carbocycles. The van der Waals surface area contributed by atoms with Crippen LogP contribution in [-0.4, -0.2) is 36.7 Å². The van der Waals surface area contributed by atoms with E-state index in [0.29, 0.717) is 41.0 Å². The molecular formula is C15H20ClNO4. The summed E-state index contributed by atoms with van der Waals surface area (Å²) in [6.07, 6.45) is 0. The Balaban J connectivity index is 0.00000220. The molecule has 2 rings (SSSR count). The molecule has 1 aromatic heterocycles. The zero-order valence-corrected chi connectivity index (χ0v) is 13.4. The highest BCUT2D eigenvalue weighted by atomic mass is 35.5. The second-order valence-electron chi connectivity index (χ2n) is 4.93. The highest BCUT2D eigenvalue weighted by Crippen LogP contribution is 2.34. The summed E-state index contributed by atoms with van der Waals surface area (Å²) in [5.41, 5.74) is 1.65. The fourth-order valence-electron chi connectivity index (χ4n) is 2.29. The smallest absolute Gasteiger partial charge is 0.342 e. The first kappa shape index (κ1) is 17.3. The summed E-state index contributed by atoms with van der Waals surface area (Å²) in [4.78, 5) is 14.0. The molecule has 0 fully saturated rings. The first-order valence-corrected chi connectivity index (χ1v) is 6.51. The van der Waals surface area contributed by atoms with E-state index in [0.717, 1.165) is 0 Å². The number of aromatic hydroxyl groups is 1. The molecule has 0 radical (unpaired) electrons. The number of halogens is 1. The van der Waals surface area contributed by atoms with E-state index in [4.69, 9.17) is 9.15 Å². The molecule has 0 spiro atoms. The van der Waals surface area contributed by atoms with Gasteiger partial charge < -0.3 is 19.2 Å². The summed E-state index contributed by atoms with van der Waals surface area (Å²) in [6.45, 7) is 4.29. The van der Waals surface area contributed by atoms with Crippen LogP contribution in [0.1, 0.15) is 28.6 Å². The molecule has 0 aliphatic carbocycles. The molecule has 6 heteroatoms. The minimum absolute atomic E-state index is 0. The molecule has 0 aliphatic heterocycles. The van der Waals surface area contributed by atoms with Gasteiger partial charge in [0.05, 0.1) is 6.61 Å². The highest BCUT2D eigenvalue weighted by molar-refractivity contribution is 6.06. The zero-order valence-electron chi connectivity index (χ0n) is 12.6. The Morgan fingerprint density at radius 3 is 2.62 bits per heavy atom. The number of phenolic OH excluding ortho intramolecular Hbond substituents is 1. The SMILES string of the molecule is CCOC(=O)c1c(C)oc2ccc(O)c(CN(C)C)c12.Cl. The van der Waals surface area contributed by atoms with Gasteiger partial charge in [-0.3, -0.25) is 0 Å². The van der Waals surface area contributed by atoms with Crippen LogP contribution in [-0.2, 0) is 11.3 Å². The monoisotopic (exact) mass is 313 g/mol. The quantitative estimate of drug-likeness (QED) is 0.879. The fraction of sp³-hybridized carbons (Fsp3) is 0.400. The van der Waals surface area contributed by atoms with Gasteiger partial charge in [0.25, 0.3) is 0 Å². The molecule has 1 N–H and O–H groups in total. The number of carbonyl (C=O) groups is 1. The molecule has 21 heavy (non-hydrogen) atoms. The number of carbonyl (C=O) groups excluding carboxylic acids is 1. The third kappa shape index (κ3) is 3.31. The lowest BCUT2D eigenvalue weighted by Crippen LogP contribution is -2.12. The van der Waals surface area contributed by atoms with Gasteiger partial charge in [0.1, 0.15) is 22.7 Å². The van der Waals surface area contributed by atoms with Gasteiger partial charge in [-0.15, -0.1) is 12.4 Å². The van der Waals surface area contributed by atoms with Gasteiger partial charge in [-0.2, -0.15) is 0 Å². The summed E-state index contributed by atoms with van der Waals surface area (Å²) >= 11 is 0. The van der Waals surface area contributed by atoms with Crippen molar-refractivity contribution in [2.75, 3.05) is 20.7 Å². The van der Waals surface area contributed by atoms with E-state index in [9.17, 15) is 9.90 Å². The first-order chi connectivity index (χ1) is 9.45. The lowest BCUT2D eigenvalue weighted by molar-refractivity contribution is 0.0526. The Morgan fingerprint density at radius 2 is 2.05 bits per heavy atom. The van der Waals surface area contributed by atoms with Crippen molar-refractivity contribution in [2.45, 2.75) is 20.4 Å². The van der Waals surface area contributed by atoms with Crippen molar-refractivity contribution < 1.29 is 19.1 Å². The molecule has 2 aromatic rings. The molecular weight excluding hydrogens is 294 g/mol. The van der Waals surface area contributed by atoms with Gasteiger partial charge in [-0.1, -0.05) is 0 Å². The molecule has 0 aliphatic rings. The van der Waals surface area contributed by atoms with Crippen LogP contribution in [0.5, 0.6) is 5.75 Å². The minimum Gasteiger partial charge on any atom is -0.508 e. The molecule has 0 unspecified atom stereocenters. The summed E-state index contributed by atoms with van der Waals surface area (Å²) in [5, 5.41) is 10.7. The molecule has 0 atom stereocenters. The highest BCUT2D eigenvalue weighted by Gasteiger charge is 2.23. The van der Waals surface area contributed by atoms with Crippen molar-refractivity contribution in [3.8, 4) is 5.75 Å². The normalized spacial score (nSPS) is 10.7. The number of aryl methyl sites for hydroxylation is 1. The third-order valence-electron chi connectivity index (χ3n) is 3.07. The number of phenols is 1. The van der Waals surface area contributed by atoms with Gasteiger partial charge in [-0.25, -0.2) is 4.79 Å². The summed E-state index contributed by atoms with van der Waals surface area (Å²) in [7, 11) is 3.80. The van der Waals surface area contributed by atoms with Crippen molar-refractivity contribution in [1.29, 1.82) is 0 Å². The van der Waals surface area contributed by atoms with E-state index in [1.165, 1.54) is 0 Å². The number of nitrogens with zero attached hydrogens (tertiary/aromatic N) is 1. The van der Waals surface area contributed by atoms with Crippen molar-refractivity contribution in [3.63, 3.8) is 0 Å². The Kier molecular flexibility index (Phi) is 5.63. The maximum absolute atomic E-state index is 12.1. The van der Waals surface area contributed by atoms with Crippen molar-refractivity contribution in [2.24, 2.45) is 0 Å². The van der Waals surface area contributed by atoms with Crippen LogP contribution in [0.3, 0.4) is 0 Å². The van der Waals surface area contributed by atoms with Gasteiger partial charge in [0, 0.05) is 17.5 Å². The van der Waals surface area contributed by atoms with Crippen molar-refractivity contribution in [3.05, 3.63) is 29.0 Å². The predicted molar refractivity (Wildman–Crippen MR) is 83.2 cm³/mol. The van der Waals surface area contributed by atoms with E-state index in [1.54, 1.807) is 26.0 Å². The fourth-order valence-corrected chi connectivity index (χ4v) is 2.29. The molecule has 1 heterocycles. The number of ether oxygens (including phenoxy) is 1. The number of fused-ring (bicyclic) bond motifs is 1. The van der Waals surface area contributed by atoms with Crippen molar-refractivity contribution in [1.82, 2.24) is 4.90 Å². The maximum Gasteiger partial charge on any atom is 0.342 e. The topological polar surface area (TPSA) is 62.9 Å². The van der Waals surface area contributed by atoms with Gasteiger partial charge in [0.15, 0.2) is 0 Å². The molecule has 0 bridgehead atoms. The van der Waals surface area contributed by atoms with Crippen LogP contribution < -0.4 is 0 Å². The van der Waals surface area contributed by atoms with E-state index in [1.807, 2.05) is 19.0 Å². The lowest BCUT2D eigenvalue weighted by atomic mass is 10.0. The third-order valence-corrected chi connectivity index (χ3v) is 3.07. The Labute approximate surface area is 129 Å². The largest absolute Gasteiger partial charge is 0.508 e. The van der Waals surface area contributed by atoms with E-state index in [2.05, 4.69) is 0 Å². The van der Waals surface area contributed by atoms with Crippen molar-refractivity contribution >= 4 is 29.3 Å². The Hall–Kier alpha value is -1.72. The standard InChI is InChI=1S/C15H19NO4.ClH/c1-5-19-15(18)13-9(2)20-12-7-6-11(17)10(14(12)13)8-16(3)4;/h6-7,17H,5,8H2,1-4H3;1H. The van der Waals surface area contributed by atoms with Crippen LogP contribution >= 0.6 is 12.4 Å². The second-order valence-corrected chi connectivity index (χ2v) is 4.93. The van der Waals surface area contributed by atoms with Crippen LogP contribution in [0, 0.1) is 6.92 Å². The van der Waals surface area contributed by atoms with Crippen LogP contribution in [0.25, 0.3) is 11.0 Å². The Bertz CT molecular complexity index is 649. The van der Waals surface area contributed by atoms with E-state index >= 15 is 0 Å². The van der Waals surface area contributed by atoms with Gasteiger partial charge >= 0.3 is 5.97 Å². The average molecular weight is 314 g/mol. The summed E-state index contributed by atoms with van der Waals surface area (Å²) in [5.74, 6) is 0.232. The number of hydrogen-bond acceptors (Lipinski definition) is 5. The van der Waals surface area contributed by atoms with Crippen LogP contribution in [0.2, 0.25) is 0 Å². The van der Waals surface area contributed by atoms with E-state index < -0.39 is 5.97 Å². The van der Waals surface area contributed by atoms with Gasteiger partial charge in [0.2, 0.25) is 0 Å². The minimum atomic E-state index is -0.422. The van der Waals surface area contributed by atoms with Crippen LogP contribution in [0.4, 0.5) is 0 Å². The van der Waals surface area contributed by atoms with Crippen LogP contribution in [0.15, 0.2) is 16.5 Å². The number of furan rings is 1. The molecule has 0 saturated heterocycles. The van der Waals surface area contributed by atoms with E-state index in [-0.39, 0.29) is 18.2 Å². The Morgan fingerprint density at radius 1 is 1.38 bits per heavy atom. The number of benzene rings is 1. The zero-order chi connectivity index (χ0) is 14.9. The molecule has 0 amide bonds. The lowest BCUT2D eigenvalue weighted by Gasteiger charge is -2.13. The molecule has 116 valence electrons. The maximum atomic E-state index is 12.1. The predicted octanol–water partition coefficient (Wildman–Crippen LogP) is 3.11. The summed E-state index contributed by atoms with van der Waals surface area (Å²) < 4.78 is 10.7. The molecule has 0 saturated carbocycles. The first-order valence-electron chi connectivity index (χ1n) is 6.51. The number of rotatable bonds is 4. The second kappa shape index (κ2) is 6.83. The summed E-state index contributed by atoms with van der Waals surface area (Å²) in [6, 6.07) is 3.25. The van der Waals surface area contributed by atoms with Gasteiger partial charge in [-0.05, 0) is 40.1 Å². The number of hydrogen-bond donors (Lipinski definition) is 1. The number of esters is 1. The molecule has 5 nitrogen and oxygen atoms in total. The average Bonchev–Trinajstić information content (AvgIpc) is 2.69.